The van der Waals surface area contributed by atoms with E-state index in [-0.39, 0.29) is 23.5 Å². The number of sulfonamides is 2. The maximum atomic E-state index is 13.1. The van der Waals surface area contributed by atoms with Crippen LogP contribution >= 0.6 is 0 Å². The smallest absolute Gasteiger partial charge is 0.240 e. The standard InChI is InChI=1S/C15H15F2N3O5S2/c16-13-6-5-12(9-14(13)17)27(24,25)19-8-7-15(21)20-10-1-3-11(4-2-10)26(18,22)23/h1-6,9,19H,7-8H2,(H,20,21)(H2,18,22,23). The third-order valence-electron chi connectivity index (χ3n) is 3.31. The zero-order valence-corrected chi connectivity index (χ0v) is 15.3. The van der Waals surface area contributed by atoms with E-state index in [1.165, 1.54) is 24.3 Å². The predicted octanol–water partition coefficient (Wildman–Crippen LogP) is 0.919. The summed E-state index contributed by atoms with van der Waals surface area (Å²) in [4.78, 5) is 11.2. The van der Waals surface area contributed by atoms with Crippen LogP contribution in [0.1, 0.15) is 6.42 Å². The number of halogens is 2. The average molecular weight is 419 g/mol. The Morgan fingerprint density at radius 1 is 0.926 bits per heavy atom. The van der Waals surface area contributed by atoms with Crippen molar-refractivity contribution in [1.29, 1.82) is 0 Å². The normalized spacial score (nSPS) is 12.0. The lowest BCUT2D eigenvalue weighted by molar-refractivity contribution is -0.116. The van der Waals surface area contributed by atoms with Gasteiger partial charge in [0.15, 0.2) is 11.6 Å². The van der Waals surface area contributed by atoms with Crippen molar-refractivity contribution in [1.82, 2.24) is 4.72 Å². The Labute approximate surface area is 154 Å². The fourth-order valence-corrected chi connectivity index (χ4v) is 3.54. The Balaban J connectivity index is 1.91. The number of hydrogen-bond acceptors (Lipinski definition) is 5. The van der Waals surface area contributed by atoms with Crippen LogP contribution in [0.25, 0.3) is 0 Å². The van der Waals surface area contributed by atoms with Crippen molar-refractivity contribution in [2.45, 2.75) is 16.2 Å². The molecule has 0 aliphatic rings. The van der Waals surface area contributed by atoms with Gasteiger partial charge < -0.3 is 5.32 Å². The highest BCUT2D eigenvalue weighted by Gasteiger charge is 2.16. The molecular weight excluding hydrogens is 404 g/mol. The second kappa shape index (κ2) is 8.08. The van der Waals surface area contributed by atoms with E-state index in [1.807, 2.05) is 0 Å². The summed E-state index contributed by atoms with van der Waals surface area (Å²) in [5.74, 6) is -3.04. The molecule has 146 valence electrons. The summed E-state index contributed by atoms with van der Waals surface area (Å²) in [6, 6.07) is 7.17. The highest BCUT2D eigenvalue weighted by molar-refractivity contribution is 7.89. The molecule has 2 rings (SSSR count). The maximum absolute atomic E-state index is 13.1. The molecule has 4 N–H and O–H groups in total. The van der Waals surface area contributed by atoms with Gasteiger partial charge in [0, 0.05) is 18.7 Å². The Morgan fingerprint density at radius 2 is 1.52 bits per heavy atom. The average Bonchev–Trinajstić information content (AvgIpc) is 2.56. The van der Waals surface area contributed by atoms with Gasteiger partial charge in [-0.15, -0.1) is 0 Å². The van der Waals surface area contributed by atoms with Crippen LogP contribution in [0.4, 0.5) is 14.5 Å². The van der Waals surface area contributed by atoms with Gasteiger partial charge in [0.25, 0.3) is 0 Å². The molecule has 0 saturated carbocycles. The first-order chi connectivity index (χ1) is 12.5. The van der Waals surface area contributed by atoms with Gasteiger partial charge >= 0.3 is 0 Å². The molecule has 0 aromatic heterocycles. The molecule has 0 bridgehead atoms. The topological polar surface area (TPSA) is 135 Å². The minimum atomic E-state index is -4.11. The molecule has 8 nitrogen and oxygen atoms in total. The van der Waals surface area contributed by atoms with E-state index in [1.54, 1.807) is 0 Å². The zero-order chi connectivity index (χ0) is 20.2. The summed E-state index contributed by atoms with van der Waals surface area (Å²) in [6.07, 6.45) is -0.250. The van der Waals surface area contributed by atoms with Crippen LogP contribution in [0, 0.1) is 11.6 Å². The monoisotopic (exact) mass is 419 g/mol. The first kappa shape index (κ1) is 20.9. The third kappa shape index (κ3) is 5.79. The summed E-state index contributed by atoms with van der Waals surface area (Å²) in [5.41, 5.74) is 0.288. The van der Waals surface area contributed by atoms with E-state index >= 15 is 0 Å². The number of benzene rings is 2. The molecule has 27 heavy (non-hydrogen) atoms. The van der Waals surface area contributed by atoms with Gasteiger partial charge in [0.05, 0.1) is 9.79 Å². The Bertz CT molecular complexity index is 1060. The van der Waals surface area contributed by atoms with Gasteiger partial charge in [0.1, 0.15) is 0 Å². The Morgan fingerprint density at radius 3 is 2.07 bits per heavy atom. The third-order valence-corrected chi connectivity index (χ3v) is 5.70. The van der Waals surface area contributed by atoms with Crippen molar-refractivity contribution in [2.24, 2.45) is 5.14 Å². The molecule has 2 aromatic rings. The van der Waals surface area contributed by atoms with Crippen molar-refractivity contribution < 1.29 is 30.4 Å². The number of primary sulfonamides is 1. The van der Waals surface area contributed by atoms with E-state index in [0.717, 1.165) is 6.07 Å². The van der Waals surface area contributed by atoms with Crippen LogP contribution in [0.2, 0.25) is 0 Å². The lowest BCUT2D eigenvalue weighted by Crippen LogP contribution is -2.28. The predicted molar refractivity (Wildman–Crippen MR) is 92.6 cm³/mol. The van der Waals surface area contributed by atoms with Gasteiger partial charge in [-0.1, -0.05) is 0 Å². The van der Waals surface area contributed by atoms with Crippen LogP contribution < -0.4 is 15.2 Å². The minimum absolute atomic E-state index is 0.125. The fraction of sp³-hybridized carbons (Fsp3) is 0.133. The number of anilines is 1. The van der Waals surface area contributed by atoms with Crippen LogP contribution in [0.15, 0.2) is 52.3 Å². The van der Waals surface area contributed by atoms with Crippen LogP contribution in [0.5, 0.6) is 0 Å². The minimum Gasteiger partial charge on any atom is -0.326 e. The summed E-state index contributed by atoms with van der Waals surface area (Å²) >= 11 is 0. The van der Waals surface area contributed by atoms with Crippen molar-refractivity contribution >= 4 is 31.6 Å². The summed E-state index contributed by atoms with van der Waals surface area (Å²) in [5, 5.41) is 7.40. The first-order valence-corrected chi connectivity index (χ1v) is 10.4. The molecule has 0 aliphatic heterocycles. The largest absolute Gasteiger partial charge is 0.326 e. The molecule has 1 amide bonds. The number of rotatable bonds is 7. The van der Waals surface area contributed by atoms with Crippen molar-refractivity contribution in [3.05, 3.63) is 54.1 Å². The van der Waals surface area contributed by atoms with Crippen LogP contribution in [-0.2, 0) is 24.8 Å². The lowest BCUT2D eigenvalue weighted by atomic mass is 10.3. The summed E-state index contributed by atoms with van der Waals surface area (Å²) in [6.45, 7) is -0.289. The van der Waals surface area contributed by atoms with Crippen molar-refractivity contribution in [3.8, 4) is 0 Å². The van der Waals surface area contributed by atoms with Gasteiger partial charge in [-0.3, -0.25) is 4.79 Å². The van der Waals surface area contributed by atoms with E-state index in [4.69, 9.17) is 5.14 Å². The zero-order valence-electron chi connectivity index (χ0n) is 13.6. The molecular formula is C15H15F2N3O5S2. The van der Waals surface area contributed by atoms with E-state index in [2.05, 4.69) is 10.0 Å². The molecule has 12 heteroatoms. The maximum Gasteiger partial charge on any atom is 0.240 e. The van der Waals surface area contributed by atoms with Crippen molar-refractivity contribution in [3.63, 3.8) is 0 Å². The molecule has 0 fully saturated rings. The van der Waals surface area contributed by atoms with E-state index < -0.39 is 42.5 Å². The molecule has 0 atom stereocenters. The van der Waals surface area contributed by atoms with E-state index in [0.29, 0.717) is 12.1 Å². The molecule has 2 aromatic carbocycles. The highest BCUT2D eigenvalue weighted by Crippen LogP contribution is 2.14. The molecule has 0 aliphatic carbocycles. The highest BCUT2D eigenvalue weighted by atomic mass is 32.2. The number of hydrogen-bond donors (Lipinski definition) is 3. The van der Waals surface area contributed by atoms with Crippen LogP contribution in [0.3, 0.4) is 0 Å². The number of carbonyl (C=O) groups is 1. The van der Waals surface area contributed by atoms with Gasteiger partial charge in [0.2, 0.25) is 26.0 Å². The fourth-order valence-electron chi connectivity index (χ4n) is 1.98. The van der Waals surface area contributed by atoms with Gasteiger partial charge in [-0.2, -0.15) is 0 Å². The quantitative estimate of drug-likeness (QED) is 0.613. The second-order valence-electron chi connectivity index (χ2n) is 5.34. The van der Waals surface area contributed by atoms with Crippen LogP contribution in [-0.4, -0.2) is 29.3 Å². The first-order valence-electron chi connectivity index (χ1n) is 7.36. The Hall–Kier alpha value is -2.41. The molecule has 0 heterocycles. The lowest BCUT2D eigenvalue weighted by Gasteiger charge is -2.08. The number of nitrogens with one attached hydrogen (secondary N) is 2. The van der Waals surface area contributed by atoms with E-state index in [9.17, 15) is 30.4 Å². The van der Waals surface area contributed by atoms with Gasteiger partial charge in [-0.25, -0.2) is 35.5 Å². The number of amides is 1. The Kier molecular flexibility index (Phi) is 6.26. The van der Waals surface area contributed by atoms with Gasteiger partial charge in [-0.05, 0) is 42.5 Å². The summed E-state index contributed by atoms with van der Waals surface area (Å²) in [7, 11) is -7.96. The second-order valence-corrected chi connectivity index (χ2v) is 8.67. The number of nitrogens with two attached hydrogens (primary N) is 1. The SMILES string of the molecule is NS(=O)(=O)c1ccc(NC(=O)CCNS(=O)(=O)c2ccc(F)c(F)c2)cc1. The molecule has 0 spiro atoms. The molecule has 0 saturated heterocycles. The molecule has 0 unspecified atom stereocenters. The number of carbonyl (C=O) groups excluding carboxylic acids is 1. The molecule has 0 radical (unpaired) electrons. The summed E-state index contributed by atoms with van der Waals surface area (Å²) < 4.78 is 74.3. The van der Waals surface area contributed by atoms with Crippen molar-refractivity contribution in [2.75, 3.05) is 11.9 Å².